The maximum atomic E-state index is 12.3. The second kappa shape index (κ2) is 7.02. The number of carbonyl (C=O) groups is 1. The summed E-state index contributed by atoms with van der Waals surface area (Å²) in [5.41, 5.74) is 3.21. The Morgan fingerprint density at radius 2 is 1.73 bits per heavy atom. The average molecular weight is 298 g/mol. The van der Waals surface area contributed by atoms with Gasteiger partial charge < -0.3 is 10.2 Å². The fraction of sp³-hybridized carbons (Fsp3) is 0.353. The van der Waals surface area contributed by atoms with Gasteiger partial charge in [0, 0.05) is 18.8 Å². The zero-order valence-electron chi connectivity index (χ0n) is 13.6. The summed E-state index contributed by atoms with van der Waals surface area (Å²) >= 11 is 0. The van der Waals surface area contributed by atoms with Gasteiger partial charge in [-0.25, -0.2) is 9.97 Å². The van der Waals surface area contributed by atoms with Crippen LogP contribution in [0, 0.1) is 13.8 Å². The molecule has 1 heterocycles. The van der Waals surface area contributed by atoms with Gasteiger partial charge in [0.05, 0.1) is 12.4 Å². The molecule has 22 heavy (non-hydrogen) atoms. The number of aromatic nitrogens is 2. The van der Waals surface area contributed by atoms with Gasteiger partial charge in [-0.2, -0.15) is 0 Å². The monoisotopic (exact) mass is 298 g/mol. The Morgan fingerprint density at radius 3 is 2.23 bits per heavy atom. The van der Waals surface area contributed by atoms with E-state index in [2.05, 4.69) is 34.0 Å². The first-order valence-corrected chi connectivity index (χ1v) is 7.51. The van der Waals surface area contributed by atoms with Crippen LogP contribution in [-0.4, -0.2) is 29.0 Å². The van der Waals surface area contributed by atoms with Crippen molar-refractivity contribution in [1.29, 1.82) is 0 Å². The summed E-state index contributed by atoms with van der Waals surface area (Å²) in [4.78, 5) is 23.0. The van der Waals surface area contributed by atoms with Crippen LogP contribution in [0.3, 0.4) is 0 Å². The summed E-state index contributed by atoms with van der Waals surface area (Å²) in [7, 11) is 0. The highest BCUT2D eigenvalue weighted by atomic mass is 16.1. The Morgan fingerprint density at radius 1 is 1.09 bits per heavy atom. The first-order chi connectivity index (χ1) is 10.6. The van der Waals surface area contributed by atoms with Crippen molar-refractivity contribution in [3.63, 3.8) is 0 Å². The predicted octanol–water partition coefficient (Wildman–Crippen LogP) is 3.19. The summed E-state index contributed by atoms with van der Waals surface area (Å²) in [6, 6.07) is 5.91. The third-order valence-electron chi connectivity index (χ3n) is 3.68. The van der Waals surface area contributed by atoms with Crippen LogP contribution < -0.4 is 10.2 Å². The molecule has 2 aromatic rings. The first kappa shape index (κ1) is 15.9. The predicted molar refractivity (Wildman–Crippen MR) is 89.5 cm³/mol. The molecular formula is C17H22N4O. The number of rotatable bonds is 5. The van der Waals surface area contributed by atoms with Crippen LogP contribution in [-0.2, 0) is 0 Å². The van der Waals surface area contributed by atoms with E-state index in [1.807, 2.05) is 32.0 Å². The molecule has 0 aliphatic carbocycles. The highest BCUT2D eigenvalue weighted by Gasteiger charge is 2.12. The van der Waals surface area contributed by atoms with E-state index in [0.717, 1.165) is 35.7 Å². The molecule has 1 aromatic carbocycles. The van der Waals surface area contributed by atoms with Gasteiger partial charge in [0.1, 0.15) is 11.5 Å². The molecule has 0 aliphatic rings. The second-order valence-electron chi connectivity index (χ2n) is 5.15. The average Bonchev–Trinajstić information content (AvgIpc) is 2.53. The molecule has 0 spiro atoms. The third kappa shape index (κ3) is 3.42. The molecule has 0 aliphatic heterocycles. The summed E-state index contributed by atoms with van der Waals surface area (Å²) in [6.07, 6.45) is 3.17. The van der Waals surface area contributed by atoms with E-state index in [1.165, 1.54) is 6.20 Å². The summed E-state index contributed by atoms with van der Waals surface area (Å²) < 4.78 is 0. The zero-order valence-corrected chi connectivity index (χ0v) is 13.6. The van der Waals surface area contributed by atoms with Crippen molar-refractivity contribution >= 4 is 17.4 Å². The molecule has 1 aromatic heterocycles. The van der Waals surface area contributed by atoms with Gasteiger partial charge in [0.25, 0.3) is 5.91 Å². The van der Waals surface area contributed by atoms with Crippen molar-refractivity contribution in [1.82, 2.24) is 9.97 Å². The molecule has 0 atom stereocenters. The molecule has 0 bridgehead atoms. The molecule has 0 saturated heterocycles. The Labute approximate surface area is 131 Å². The van der Waals surface area contributed by atoms with Gasteiger partial charge in [-0.1, -0.05) is 18.2 Å². The number of hydrogen-bond donors (Lipinski definition) is 1. The van der Waals surface area contributed by atoms with Crippen LogP contribution in [0.25, 0.3) is 0 Å². The number of hydrogen-bond acceptors (Lipinski definition) is 4. The van der Waals surface area contributed by atoms with Crippen LogP contribution in [0.5, 0.6) is 0 Å². The van der Waals surface area contributed by atoms with E-state index in [1.54, 1.807) is 6.20 Å². The topological polar surface area (TPSA) is 58.1 Å². The van der Waals surface area contributed by atoms with Gasteiger partial charge >= 0.3 is 0 Å². The van der Waals surface area contributed by atoms with Crippen molar-refractivity contribution in [3.8, 4) is 0 Å². The lowest BCUT2D eigenvalue weighted by atomic mass is 10.1. The van der Waals surface area contributed by atoms with Crippen molar-refractivity contribution < 1.29 is 4.79 Å². The second-order valence-corrected chi connectivity index (χ2v) is 5.15. The molecule has 1 amide bonds. The fourth-order valence-corrected chi connectivity index (χ4v) is 2.34. The van der Waals surface area contributed by atoms with E-state index in [-0.39, 0.29) is 5.91 Å². The molecule has 0 fully saturated rings. The highest BCUT2D eigenvalue weighted by Crippen LogP contribution is 2.20. The third-order valence-corrected chi connectivity index (χ3v) is 3.68. The summed E-state index contributed by atoms with van der Waals surface area (Å²) in [6.45, 7) is 9.79. The lowest BCUT2D eigenvalue weighted by Crippen LogP contribution is -2.24. The molecule has 0 unspecified atom stereocenters. The van der Waals surface area contributed by atoms with Gasteiger partial charge in [-0.3, -0.25) is 4.79 Å². The standard InChI is InChI=1S/C17H22N4O/c1-5-21(6-2)15-11-18-14(10-19-15)17(22)20-16-12(3)8-7-9-13(16)4/h7-11H,5-6H2,1-4H3,(H,20,22). The SMILES string of the molecule is CCN(CC)c1cnc(C(=O)Nc2c(C)cccc2C)cn1. The van der Waals surface area contributed by atoms with E-state index in [0.29, 0.717) is 5.69 Å². The number of nitrogens with zero attached hydrogens (tertiary/aromatic N) is 3. The molecule has 5 nitrogen and oxygen atoms in total. The number of anilines is 2. The minimum Gasteiger partial charge on any atom is -0.356 e. The van der Waals surface area contributed by atoms with Gasteiger partial charge in [-0.05, 0) is 38.8 Å². The van der Waals surface area contributed by atoms with E-state index >= 15 is 0 Å². The van der Waals surface area contributed by atoms with Crippen molar-refractivity contribution in [2.24, 2.45) is 0 Å². The number of para-hydroxylation sites is 1. The Bertz CT molecular complexity index is 628. The smallest absolute Gasteiger partial charge is 0.275 e. The number of benzene rings is 1. The molecule has 2 rings (SSSR count). The lowest BCUT2D eigenvalue weighted by Gasteiger charge is -2.19. The van der Waals surface area contributed by atoms with Crippen LogP contribution in [0.15, 0.2) is 30.6 Å². The quantitative estimate of drug-likeness (QED) is 0.921. The zero-order chi connectivity index (χ0) is 16.1. The Kier molecular flexibility index (Phi) is 5.09. The van der Waals surface area contributed by atoms with E-state index in [4.69, 9.17) is 0 Å². The number of carbonyl (C=O) groups excluding carboxylic acids is 1. The van der Waals surface area contributed by atoms with Crippen LogP contribution in [0.1, 0.15) is 35.5 Å². The fourth-order valence-electron chi connectivity index (χ4n) is 2.34. The van der Waals surface area contributed by atoms with Crippen molar-refractivity contribution in [2.45, 2.75) is 27.7 Å². The van der Waals surface area contributed by atoms with Crippen molar-refractivity contribution in [3.05, 3.63) is 47.4 Å². The minimum absolute atomic E-state index is 0.240. The normalized spacial score (nSPS) is 10.4. The summed E-state index contributed by atoms with van der Waals surface area (Å²) in [5.74, 6) is 0.546. The summed E-state index contributed by atoms with van der Waals surface area (Å²) in [5, 5.41) is 2.92. The number of amides is 1. The van der Waals surface area contributed by atoms with Crippen LogP contribution in [0.2, 0.25) is 0 Å². The maximum absolute atomic E-state index is 12.3. The van der Waals surface area contributed by atoms with Gasteiger partial charge in [-0.15, -0.1) is 0 Å². The van der Waals surface area contributed by atoms with E-state index in [9.17, 15) is 4.79 Å². The molecule has 0 saturated carbocycles. The molecule has 5 heteroatoms. The molecule has 116 valence electrons. The Hall–Kier alpha value is -2.43. The lowest BCUT2D eigenvalue weighted by molar-refractivity contribution is 0.102. The van der Waals surface area contributed by atoms with E-state index < -0.39 is 0 Å². The number of aryl methyl sites for hydroxylation is 2. The minimum atomic E-state index is -0.240. The Balaban J connectivity index is 2.17. The van der Waals surface area contributed by atoms with Gasteiger partial charge in [0.2, 0.25) is 0 Å². The van der Waals surface area contributed by atoms with Crippen LogP contribution in [0.4, 0.5) is 11.5 Å². The maximum Gasteiger partial charge on any atom is 0.275 e. The first-order valence-electron chi connectivity index (χ1n) is 7.51. The number of nitrogens with one attached hydrogen (secondary N) is 1. The van der Waals surface area contributed by atoms with Crippen molar-refractivity contribution in [2.75, 3.05) is 23.3 Å². The van der Waals surface area contributed by atoms with Crippen LogP contribution >= 0.6 is 0 Å². The van der Waals surface area contributed by atoms with Gasteiger partial charge in [0.15, 0.2) is 0 Å². The largest absolute Gasteiger partial charge is 0.356 e. The molecule has 1 N–H and O–H groups in total. The molecular weight excluding hydrogens is 276 g/mol. The highest BCUT2D eigenvalue weighted by molar-refractivity contribution is 6.03. The molecule has 0 radical (unpaired) electrons.